The average Bonchev–Trinajstić information content (AvgIpc) is 2.48. The van der Waals surface area contributed by atoms with E-state index in [0.29, 0.717) is 11.3 Å². The number of Topliss-reactive ketones (excluding diaryl/α,β-unsaturated/α-hetero) is 1. The van der Waals surface area contributed by atoms with Gasteiger partial charge in [0.2, 0.25) is 0 Å². The molecule has 0 saturated carbocycles. The van der Waals surface area contributed by atoms with Gasteiger partial charge in [-0.2, -0.15) is 0 Å². The number of ketones is 1. The standard InChI is InChI=1S/C16H14F2O3/c1-10-7-12(4-5-13(10)17)21-9-15(19)11-3-6-16(20-2)14(18)8-11/h3-8H,9H2,1-2H3. The quantitative estimate of drug-likeness (QED) is 0.791. The molecule has 0 saturated heterocycles. The highest BCUT2D eigenvalue weighted by atomic mass is 19.1. The Morgan fingerprint density at radius 3 is 2.48 bits per heavy atom. The lowest BCUT2D eigenvalue weighted by Crippen LogP contribution is -2.12. The van der Waals surface area contributed by atoms with Gasteiger partial charge in [-0.15, -0.1) is 0 Å². The van der Waals surface area contributed by atoms with Gasteiger partial charge in [-0.3, -0.25) is 4.79 Å². The Bertz CT molecular complexity index is 669. The van der Waals surface area contributed by atoms with E-state index in [4.69, 9.17) is 9.47 Å². The van der Waals surface area contributed by atoms with Gasteiger partial charge in [0.05, 0.1) is 7.11 Å². The zero-order valence-corrected chi connectivity index (χ0v) is 11.7. The zero-order valence-electron chi connectivity index (χ0n) is 11.7. The van der Waals surface area contributed by atoms with E-state index in [9.17, 15) is 13.6 Å². The van der Waals surface area contributed by atoms with Gasteiger partial charge in [0.1, 0.15) is 11.6 Å². The number of hydrogen-bond acceptors (Lipinski definition) is 3. The number of carbonyl (C=O) groups excluding carboxylic acids is 1. The van der Waals surface area contributed by atoms with Crippen molar-refractivity contribution in [1.29, 1.82) is 0 Å². The molecule has 110 valence electrons. The maximum Gasteiger partial charge on any atom is 0.200 e. The molecule has 0 fully saturated rings. The van der Waals surface area contributed by atoms with Crippen molar-refractivity contribution in [3.63, 3.8) is 0 Å². The molecular weight excluding hydrogens is 278 g/mol. The molecule has 0 spiro atoms. The number of rotatable bonds is 5. The number of aryl methyl sites for hydroxylation is 1. The highest BCUT2D eigenvalue weighted by Gasteiger charge is 2.11. The molecule has 0 unspecified atom stereocenters. The number of benzene rings is 2. The third kappa shape index (κ3) is 3.56. The first-order valence-corrected chi connectivity index (χ1v) is 6.27. The van der Waals surface area contributed by atoms with E-state index in [1.54, 1.807) is 6.92 Å². The van der Waals surface area contributed by atoms with E-state index < -0.39 is 5.82 Å². The van der Waals surface area contributed by atoms with Crippen molar-refractivity contribution in [1.82, 2.24) is 0 Å². The van der Waals surface area contributed by atoms with Crippen molar-refractivity contribution in [3.8, 4) is 11.5 Å². The first-order valence-electron chi connectivity index (χ1n) is 6.27. The van der Waals surface area contributed by atoms with Crippen LogP contribution in [-0.4, -0.2) is 19.5 Å². The van der Waals surface area contributed by atoms with Gasteiger partial charge in [0.15, 0.2) is 24.0 Å². The van der Waals surface area contributed by atoms with Crippen LogP contribution in [0.5, 0.6) is 11.5 Å². The summed E-state index contributed by atoms with van der Waals surface area (Å²) in [5.41, 5.74) is 0.613. The fourth-order valence-corrected chi connectivity index (χ4v) is 1.78. The van der Waals surface area contributed by atoms with Crippen molar-refractivity contribution in [3.05, 3.63) is 59.2 Å². The highest BCUT2D eigenvalue weighted by Crippen LogP contribution is 2.19. The molecule has 0 heterocycles. The van der Waals surface area contributed by atoms with E-state index in [0.717, 1.165) is 6.07 Å². The third-order valence-electron chi connectivity index (χ3n) is 2.97. The molecule has 2 aromatic rings. The largest absolute Gasteiger partial charge is 0.494 e. The Hall–Kier alpha value is -2.43. The van der Waals surface area contributed by atoms with Crippen molar-refractivity contribution < 1.29 is 23.0 Å². The number of carbonyl (C=O) groups is 1. The van der Waals surface area contributed by atoms with Crippen LogP contribution in [0.25, 0.3) is 0 Å². The third-order valence-corrected chi connectivity index (χ3v) is 2.97. The first kappa shape index (κ1) is 15.0. The summed E-state index contributed by atoms with van der Waals surface area (Å²) in [7, 11) is 1.35. The number of ether oxygens (including phenoxy) is 2. The smallest absolute Gasteiger partial charge is 0.200 e. The van der Waals surface area contributed by atoms with Crippen LogP contribution in [0, 0.1) is 18.6 Å². The Kier molecular flexibility index (Phi) is 4.52. The van der Waals surface area contributed by atoms with E-state index >= 15 is 0 Å². The summed E-state index contributed by atoms with van der Waals surface area (Å²) in [5.74, 6) is -0.872. The van der Waals surface area contributed by atoms with E-state index in [1.807, 2.05) is 0 Å². The van der Waals surface area contributed by atoms with E-state index in [1.165, 1.54) is 37.4 Å². The van der Waals surface area contributed by atoms with Crippen LogP contribution >= 0.6 is 0 Å². The second kappa shape index (κ2) is 6.35. The molecule has 0 aromatic heterocycles. The van der Waals surface area contributed by atoms with Crippen LogP contribution in [0.4, 0.5) is 8.78 Å². The Morgan fingerprint density at radius 1 is 1.10 bits per heavy atom. The molecule has 0 atom stereocenters. The molecule has 0 aliphatic rings. The van der Waals surface area contributed by atoms with Gasteiger partial charge in [-0.05, 0) is 48.9 Å². The van der Waals surface area contributed by atoms with E-state index in [2.05, 4.69) is 0 Å². The minimum Gasteiger partial charge on any atom is -0.494 e. The number of methoxy groups -OCH3 is 1. The van der Waals surface area contributed by atoms with Gasteiger partial charge in [-0.25, -0.2) is 8.78 Å². The molecule has 0 amide bonds. The molecule has 21 heavy (non-hydrogen) atoms. The minimum absolute atomic E-state index is 0.0710. The second-order valence-electron chi connectivity index (χ2n) is 4.47. The fourth-order valence-electron chi connectivity index (χ4n) is 1.78. The van der Waals surface area contributed by atoms with Gasteiger partial charge in [-0.1, -0.05) is 0 Å². The fraction of sp³-hybridized carbons (Fsp3) is 0.188. The minimum atomic E-state index is -0.610. The zero-order chi connectivity index (χ0) is 15.4. The van der Waals surface area contributed by atoms with Gasteiger partial charge in [0.25, 0.3) is 0 Å². The summed E-state index contributed by atoms with van der Waals surface area (Å²) in [6.07, 6.45) is 0. The van der Waals surface area contributed by atoms with Gasteiger partial charge in [0, 0.05) is 5.56 Å². The lowest BCUT2D eigenvalue weighted by atomic mass is 10.1. The van der Waals surface area contributed by atoms with Crippen LogP contribution in [-0.2, 0) is 0 Å². The SMILES string of the molecule is COc1ccc(C(=O)COc2ccc(F)c(C)c2)cc1F. The van der Waals surface area contributed by atoms with Gasteiger partial charge < -0.3 is 9.47 Å². The summed E-state index contributed by atoms with van der Waals surface area (Å²) in [6, 6.07) is 8.14. The normalized spacial score (nSPS) is 10.3. The predicted octanol–water partition coefficient (Wildman–Crippen LogP) is 3.54. The van der Waals surface area contributed by atoms with Crippen LogP contribution < -0.4 is 9.47 Å². The molecular formula is C16H14F2O3. The summed E-state index contributed by atoms with van der Waals surface area (Å²) >= 11 is 0. The molecule has 2 aromatic carbocycles. The molecule has 0 aliphatic carbocycles. The Morgan fingerprint density at radius 2 is 1.86 bits per heavy atom. The lowest BCUT2D eigenvalue weighted by molar-refractivity contribution is 0.0921. The maximum absolute atomic E-state index is 13.5. The number of halogens is 2. The summed E-state index contributed by atoms with van der Waals surface area (Å²) in [6.45, 7) is 1.35. The monoisotopic (exact) mass is 292 g/mol. The lowest BCUT2D eigenvalue weighted by Gasteiger charge is -2.08. The highest BCUT2D eigenvalue weighted by molar-refractivity contribution is 5.97. The molecule has 0 bridgehead atoms. The average molecular weight is 292 g/mol. The summed E-state index contributed by atoms with van der Waals surface area (Å²) in [4.78, 5) is 11.9. The topological polar surface area (TPSA) is 35.5 Å². The molecule has 5 heteroatoms. The summed E-state index contributed by atoms with van der Waals surface area (Å²) < 4.78 is 36.7. The molecule has 2 rings (SSSR count). The van der Waals surface area contributed by atoms with Crippen molar-refractivity contribution >= 4 is 5.78 Å². The van der Waals surface area contributed by atoms with Crippen molar-refractivity contribution in [2.45, 2.75) is 6.92 Å². The van der Waals surface area contributed by atoms with E-state index in [-0.39, 0.29) is 29.5 Å². The predicted molar refractivity (Wildman–Crippen MR) is 73.9 cm³/mol. The Balaban J connectivity index is 2.04. The number of hydrogen-bond donors (Lipinski definition) is 0. The second-order valence-corrected chi connectivity index (χ2v) is 4.47. The van der Waals surface area contributed by atoms with Crippen LogP contribution in [0.1, 0.15) is 15.9 Å². The molecule has 0 radical (unpaired) electrons. The van der Waals surface area contributed by atoms with Crippen LogP contribution in [0.15, 0.2) is 36.4 Å². The molecule has 0 N–H and O–H groups in total. The molecule has 0 aliphatic heterocycles. The summed E-state index contributed by atoms with van der Waals surface area (Å²) in [5, 5.41) is 0. The molecule has 3 nitrogen and oxygen atoms in total. The van der Waals surface area contributed by atoms with Gasteiger partial charge >= 0.3 is 0 Å². The van der Waals surface area contributed by atoms with Crippen LogP contribution in [0.3, 0.4) is 0 Å². The van der Waals surface area contributed by atoms with Crippen molar-refractivity contribution in [2.24, 2.45) is 0 Å². The van der Waals surface area contributed by atoms with Crippen LogP contribution in [0.2, 0.25) is 0 Å². The first-order chi connectivity index (χ1) is 10.0. The Labute approximate surface area is 121 Å². The maximum atomic E-state index is 13.5. The van der Waals surface area contributed by atoms with Crippen molar-refractivity contribution in [2.75, 3.05) is 13.7 Å².